The number of likely N-dealkylation sites (tertiary alicyclic amines) is 1. The zero-order chi connectivity index (χ0) is 22.7. The first-order chi connectivity index (χ1) is 15.4. The molecule has 1 amide bonds. The lowest BCUT2D eigenvalue weighted by molar-refractivity contribution is -0.133. The molecule has 2 heterocycles. The molecule has 0 aliphatic carbocycles. The van der Waals surface area contributed by atoms with E-state index < -0.39 is 5.60 Å². The molecule has 0 spiro atoms. The molecule has 1 aliphatic heterocycles. The van der Waals surface area contributed by atoms with Crippen LogP contribution < -0.4 is 4.74 Å². The number of halogens is 1. The highest BCUT2D eigenvalue weighted by Crippen LogP contribution is 2.32. The number of carbonyl (C=O) groups excluding carboxylic acids is 1. The van der Waals surface area contributed by atoms with Crippen molar-refractivity contribution in [2.24, 2.45) is 0 Å². The Bertz CT molecular complexity index is 1140. The normalized spacial score (nSPS) is 18.8. The Labute approximate surface area is 186 Å². The average Bonchev–Trinajstić information content (AvgIpc) is 3.23. The van der Waals surface area contributed by atoms with E-state index in [-0.39, 0.29) is 18.3 Å². The molecule has 6 nitrogen and oxygen atoms in total. The van der Waals surface area contributed by atoms with Crippen molar-refractivity contribution in [3.05, 3.63) is 83.7 Å². The maximum Gasteiger partial charge on any atom is 0.246 e. The molecule has 7 heteroatoms. The van der Waals surface area contributed by atoms with E-state index in [0.717, 1.165) is 16.9 Å². The van der Waals surface area contributed by atoms with Crippen LogP contribution in [-0.4, -0.2) is 45.7 Å². The minimum atomic E-state index is -1.18. The highest BCUT2D eigenvalue weighted by Gasteiger charge is 2.36. The summed E-state index contributed by atoms with van der Waals surface area (Å²) in [6.07, 6.45) is 8.07. The molecule has 1 atom stereocenters. The van der Waals surface area contributed by atoms with Crippen LogP contribution in [0.5, 0.6) is 5.75 Å². The molecule has 1 aliphatic rings. The smallest absolute Gasteiger partial charge is 0.246 e. The topological polar surface area (TPSA) is 67.6 Å². The van der Waals surface area contributed by atoms with E-state index in [9.17, 15) is 14.3 Å². The number of aromatic nitrogens is 2. The molecule has 1 fully saturated rings. The lowest BCUT2D eigenvalue weighted by atomic mass is 9.85. The summed E-state index contributed by atoms with van der Waals surface area (Å²) in [7, 11) is 1.60. The maximum absolute atomic E-state index is 13.3. The summed E-state index contributed by atoms with van der Waals surface area (Å²) in [4.78, 5) is 18.7. The van der Waals surface area contributed by atoms with E-state index in [2.05, 4.69) is 4.98 Å². The number of piperidine rings is 1. The number of amides is 1. The van der Waals surface area contributed by atoms with Crippen molar-refractivity contribution in [1.82, 2.24) is 14.5 Å². The molecule has 0 saturated carbocycles. The fourth-order valence-corrected chi connectivity index (χ4v) is 4.06. The minimum Gasteiger partial charge on any atom is -0.495 e. The van der Waals surface area contributed by atoms with Crippen molar-refractivity contribution in [3.8, 4) is 11.4 Å². The van der Waals surface area contributed by atoms with Crippen LogP contribution in [0.3, 0.4) is 0 Å². The number of methoxy groups -OCH3 is 1. The van der Waals surface area contributed by atoms with Gasteiger partial charge in [0, 0.05) is 18.8 Å². The number of β-amino-alcohol motifs (C(OH)–C–C–N with tert-alkyl or cyclic N) is 1. The third kappa shape index (κ3) is 4.57. The molecular formula is C25H26FN3O3. The van der Waals surface area contributed by atoms with E-state index in [1.54, 1.807) is 36.5 Å². The van der Waals surface area contributed by atoms with Gasteiger partial charge in [0.2, 0.25) is 5.91 Å². The first-order valence-electron chi connectivity index (χ1n) is 10.5. The Morgan fingerprint density at radius 3 is 2.72 bits per heavy atom. The summed E-state index contributed by atoms with van der Waals surface area (Å²) in [5.74, 6) is 0.132. The molecule has 2 aromatic carbocycles. The van der Waals surface area contributed by atoms with Crippen molar-refractivity contribution < 1.29 is 19.0 Å². The molecule has 1 N–H and O–H groups in total. The lowest BCUT2D eigenvalue weighted by Crippen LogP contribution is -2.48. The number of hydrogen-bond acceptors (Lipinski definition) is 4. The van der Waals surface area contributed by atoms with E-state index >= 15 is 0 Å². The van der Waals surface area contributed by atoms with Gasteiger partial charge in [0.25, 0.3) is 0 Å². The Hall–Kier alpha value is -3.45. The standard InChI is InChI=1S/C25H26FN3O3/c1-18-15-29(17-27-18)22-10-4-19(14-23(22)32-2)5-11-24(30)28-13-3-12-25(31,16-28)20-6-8-21(26)9-7-20/h4-11,14-15,17,31H,3,12-13,16H2,1-2H3/b11-5+/t25-/m1/s1. The first kappa shape index (κ1) is 21.8. The molecule has 1 saturated heterocycles. The first-order valence-corrected chi connectivity index (χ1v) is 10.5. The molecule has 0 unspecified atom stereocenters. The summed E-state index contributed by atoms with van der Waals surface area (Å²) >= 11 is 0. The highest BCUT2D eigenvalue weighted by molar-refractivity contribution is 5.92. The number of benzene rings is 2. The van der Waals surface area contributed by atoms with E-state index in [1.165, 1.54) is 18.2 Å². The Morgan fingerprint density at radius 2 is 2.03 bits per heavy atom. The summed E-state index contributed by atoms with van der Waals surface area (Å²) in [5, 5.41) is 11.1. The molecule has 0 radical (unpaired) electrons. The van der Waals surface area contributed by atoms with Crippen LogP contribution in [-0.2, 0) is 10.4 Å². The Kier molecular flexibility index (Phi) is 6.10. The van der Waals surface area contributed by atoms with Gasteiger partial charge in [0.1, 0.15) is 17.2 Å². The zero-order valence-electron chi connectivity index (χ0n) is 18.2. The number of imidazole rings is 1. The number of aliphatic hydroxyl groups is 1. The number of hydrogen-bond donors (Lipinski definition) is 1. The van der Waals surface area contributed by atoms with Gasteiger partial charge in [0.15, 0.2) is 0 Å². The number of carbonyl (C=O) groups is 1. The van der Waals surface area contributed by atoms with Gasteiger partial charge in [0.05, 0.1) is 31.4 Å². The molecular weight excluding hydrogens is 409 g/mol. The fourth-order valence-electron chi connectivity index (χ4n) is 4.06. The van der Waals surface area contributed by atoms with Crippen molar-refractivity contribution in [2.45, 2.75) is 25.4 Å². The van der Waals surface area contributed by atoms with Crippen LogP contribution >= 0.6 is 0 Å². The lowest BCUT2D eigenvalue weighted by Gasteiger charge is -2.39. The van der Waals surface area contributed by atoms with Crippen molar-refractivity contribution in [3.63, 3.8) is 0 Å². The Morgan fingerprint density at radius 1 is 1.25 bits per heavy atom. The molecule has 4 rings (SSSR count). The quantitative estimate of drug-likeness (QED) is 0.618. The SMILES string of the molecule is COc1cc(/C=C/C(=O)N2CCC[C@](O)(c3ccc(F)cc3)C2)ccc1-n1cnc(C)c1. The molecule has 3 aromatic rings. The van der Waals surface area contributed by atoms with Crippen LogP contribution in [0.25, 0.3) is 11.8 Å². The second-order valence-electron chi connectivity index (χ2n) is 8.09. The molecule has 0 bridgehead atoms. The third-order valence-corrected chi connectivity index (χ3v) is 5.78. The van der Waals surface area contributed by atoms with Crippen molar-refractivity contribution in [1.29, 1.82) is 0 Å². The Balaban J connectivity index is 1.48. The zero-order valence-corrected chi connectivity index (χ0v) is 18.2. The van der Waals surface area contributed by atoms with Crippen LogP contribution in [0.2, 0.25) is 0 Å². The summed E-state index contributed by atoms with van der Waals surface area (Å²) < 4.78 is 20.7. The number of rotatable bonds is 5. The van der Waals surface area contributed by atoms with Crippen LogP contribution in [0.1, 0.15) is 29.7 Å². The second-order valence-corrected chi connectivity index (χ2v) is 8.09. The van der Waals surface area contributed by atoms with E-state index in [4.69, 9.17) is 4.74 Å². The minimum absolute atomic E-state index is 0.171. The predicted molar refractivity (Wildman–Crippen MR) is 120 cm³/mol. The molecule has 1 aromatic heterocycles. The van der Waals surface area contributed by atoms with Crippen LogP contribution in [0, 0.1) is 12.7 Å². The number of nitrogens with zero attached hydrogens (tertiary/aromatic N) is 3. The van der Waals surface area contributed by atoms with Gasteiger partial charge in [-0.2, -0.15) is 0 Å². The van der Waals surface area contributed by atoms with Gasteiger partial charge < -0.3 is 19.3 Å². The van der Waals surface area contributed by atoms with Gasteiger partial charge in [-0.15, -0.1) is 0 Å². The van der Waals surface area contributed by atoms with Gasteiger partial charge in [-0.25, -0.2) is 9.37 Å². The third-order valence-electron chi connectivity index (χ3n) is 5.78. The number of ether oxygens (including phenoxy) is 1. The second kappa shape index (κ2) is 8.96. The van der Waals surface area contributed by atoms with E-state index in [1.807, 2.05) is 35.9 Å². The van der Waals surface area contributed by atoms with Gasteiger partial charge in [-0.3, -0.25) is 4.79 Å². The number of aryl methyl sites for hydroxylation is 1. The van der Waals surface area contributed by atoms with Gasteiger partial charge in [-0.05, 0) is 61.2 Å². The maximum atomic E-state index is 13.3. The summed E-state index contributed by atoms with van der Waals surface area (Å²) in [5.41, 5.74) is 2.03. The van der Waals surface area contributed by atoms with Crippen LogP contribution in [0.15, 0.2) is 61.1 Å². The van der Waals surface area contributed by atoms with Crippen molar-refractivity contribution >= 4 is 12.0 Å². The monoisotopic (exact) mass is 435 g/mol. The van der Waals surface area contributed by atoms with E-state index in [0.29, 0.717) is 30.7 Å². The highest BCUT2D eigenvalue weighted by atomic mass is 19.1. The van der Waals surface area contributed by atoms with Gasteiger partial charge in [-0.1, -0.05) is 18.2 Å². The summed E-state index contributed by atoms with van der Waals surface area (Å²) in [6, 6.07) is 11.5. The fraction of sp³-hybridized carbons (Fsp3) is 0.280. The largest absolute Gasteiger partial charge is 0.495 e. The van der Waals surface area contributed by atoms with Crippen LogP contribution in [0.4, 0.5) is 4.39 Å². The van der Waals surface area contributed by atoms with Gasteiger partial charge >= 0.3 is 0 Å². The van der Waals surface area contributed by atoms with Crippen molar-refractivity contribution in [2.75, 3.05) is 20.2 Å². The summed E-state index contributed by atoms with van der Waals surface area (Å²) in [6.45, 7) is 2.66. The predicted octanol–water partition coefficient (Wildman–Crippen LogP) is 3.85. The molecule has 32 heavy (non-hydrogen) atoms. The molecule has 166 valence electrons. The average molecular weight is 435 g/mol.